The normalized spacial score (nSPS) is 20.0. The second kappa shape index (κ2) is 8.25. The first kappa shape index (κ1) is 15.3. The van der Waals surface area contributed by atoms with Crippen molar-refractivity contribution < 1.29 is 9.59 Å². The molecule has 0 bridgehead atoms. The Morgan fingerprint density at radius 1 is 0.750 bits per heavy atom. The monoisotopic (exact) mass is 281 g/mol. The maximum absolute atomic E-state index is 12.0. The van der Waals surface area contributed by atoms with E-state index in [-0.39, 0.29) is 11.8 Å². The summed E-state index contributed by atoms with van der Waals surface area (Å²) in [5.41, 5.74) is 0. The summed E-state index contributed by atoms with van der Waals surface area (Å²) in [5, 5.41) is 3.12. The molecule has 0 aromatic carbocycles. The van der Waals surface area contributed by atoms with Gasteiger partial charge in [0, 0.05) is 39.1 Å². The highest BCUT2D eigenvalue weighted by Crippen LogP contribution is 2.10. The number of carbonyl (C=O) groups excluding carboxylic acids is 2. The quantitative estimate of drug-likeness (QED) is 0.765. The number of nitrogens with one attached hydrogen (secondary N) is 1. The van der Waals surface area contributed by atoms with Gasteiger partial charge in [-0.25, -0.2) is 0 Å². The molecule has 0 aromatic heterocycles. The van der Waals surface area contributed by atoms with Gasteiger partial charge in [0.15, 0.2) is 0 Å². The summed E-state index contributed by atoms with van der Waals surface area (Å²) in [6.07, 6.45) is 7.49. The van der Waals surface area contributed by atoms with Gasteiger partial charge in [0.05, 0.1) is 6.54 Å². The van der Waals surface area contributed by atoms with Crippen molar-refractivity contribution in [2.75, 3.05) is 39.3 Å². The lowest BCUT2D eigenvalue weighted by Gasteiger charge is -2.20. The molecule has 0 aromatic rings. The van der Waals surface area contributed by atoms with Crippen LogP contribution in [0.25, 0.3) is 0 Å². The van der Waals surface area contributed by atoms with Gasteiger partial charge < -0.3 is 15.1 Å². The van der Waals surface area contributed by atoms with Crippen LogP contribution in [-0.4, -0.2) is 60.9 Å². The van der Waals surface area contributed by atoms with Crippen molar-refractivity contribution in [3.05, 3.63) is 0 Å². The molecule has 114 valence electrons. The topological polar surface area (TPSA) is 52.7 Å². The smallest absolute Gasteiger partial charge is 0.236 e. The van der Waals surface area contributed by atoms with Crippen molar-refractivity contribution in [2.24, 2.45) is 0 Å². The molecule has 1 N–H and O–H groups in total. The van der Waals surface area contributed by atoms with E-state index in [4.69, 9.17) is 0 Å². The van der Waals surface area contributed by atoms with Gasteiger partial charge in [-0.05, 0) is 25.7 Å². The average molecular weight is 281 g/mol. The molecule has 2 fully saturated rings. The van der Waals surface area contributed by atoms with Gasteiger partial charge in [-0.15, -0.1) is 0 Å². The highest BCUT2D eigenvalue weighted by Gasteiger charge is 2.18. The number of hydrogen-bond donors (Lipinski definition) is 1. The van der Waals surface area contributed by atoms with E-state index in [9.17, 15) is 9.59 Å². The van der Waals surface area contributed by atoms with Crippen molar-refractivity contribution in [2.45, 2.75) is 44.9 Å². The molecule has 5 heteroatoms. The van der Waals surface area contributed by atoms with Crippen molar-refractivity contribution >= 4 is 11.8 Å². The van der Waals surface area contributed by atoms with Gasteiger partial charge in [-0.2, -0.15) is 0 Å². The zero-order chi connectivity index (χ0) is 14.2. The molecule has 2 saturated heterocycles. The van der Waals surface area contributed by atoms with Crippen LogP contribution in [-0.2, 0) is 9.59 Å². The van der Waals surface area contributed by atoms with Crippen molar-refractivity contribution in [3.63, 3.8) is 0 Å². The van der Waals surface area contributed by atoms with E-state index in [2.05, 4.69) is 5.32 Å². The third-order valence-corrected chi connectivity index (χ3v) is 4.21. The highest BCUT2D eigenvalue weighted by molar-refractivity contribution is 5.79. The van der Waals surface area contributed by atoms with Crippen LogP contribution in [0, 0.1) is 0 Å². The van der Waals surface area contributed by atoms with Crippen LogP contribution in [0.15, 0.2) is 0 Å². The minimum atomic E-state index is 0.181. The zero-order valence-electron chi connectivity index (χ0n) is 12.4. The standard InChI is InChI=1S/C15H27N3O2/c19-14(17-11-5-6-12-17)7-8-16-13-15(20)18-9-3-1-2-4-10-18/h16H,1-13H2. The fourth-order valence-electron chi connectivity index (χ4n) is 2.95. The minimum Gasteiger partial charge on any atom is -0.343 e. The Bertz CT molecular complexity index is 319. The van der Waals surface area contributed by atoms with Crippen molar-refractivity contribution in [1.82, 2.24) is 15.1 Å². The van der Waals surface area contributed by atoms with Gasteiger partial charge in [-0.3, -0.25) is 9.59 Å². The van der Waals surface area contributed by atoms with Gasteiger partial charge in [0.25, 0.3) is 0 Å². The maximum Gasteiger partial charge on any atom is 0.236 e. The number of carbonyl (C=O) groups is 2. The Balaban J connectivity index is 1.57. The highest BCUT2D eigenvalue weighted by atomic mass is 16.2. The van der Waals surface area contributed by atoms with Crippen molar-refractivity contribution in [1.29, 1.82) is 0 Å². The molecule has 2 amide bonds. The molecule has 20 heavy (non-hydrogen) atoms. The second-order valence-electron chi connectivity index (χ2n) is 5.81. The van der Waals surface area contributed by atoms with Crippen LogP contribution in [0.5, 0.6) is 0 Å². The largest absolute Gasteiger partial charge is 0.343 e. The molecule has 0 atom stereocenters. The number of hydrogen-bond acceptors (Lipinski definition) is 3. The first-order valence-electron chi connectivity index (χ1n) is 8.03. The van der Waals surface area contributed by atoms with Gasteiger partial charge >= 0.3 is 0 Å². The molecular weight excluding hydrogens is 254 g/mol. The number of likely N-dealkylation sites (tertiary alicyclic amines) is 2. The van der Waals surface area contributed by atoms with E-state index < -0.39 is 0 Å². The molecule has 2 heterocycles. The summed E-state index contributed by atoms with van der Waals surface area (Å²) in [5.74, 6) is 0.401. The Hall–Kier alpha value is -1.10. The predicted molar refractivity (Wildman–Crippen MR) is 78.3 cm³/mol. The van der Waals surface area contributed by atoms with E-state index in [0.29, 0.717) is 19.5 Å². The third-order valence-electron chi connectivity index (χ3n) is 4.21. The molecule has 0 radical (unpaired) electrons. The van der Waals surface area contributed by atoms with Crippen LogP contribution in [0.3, 0.4) is 0 Å². The average Bonchev–Trinajstić information content (AvgIpc) is 2.85. The Kier molecular flexibility index (Phi) is 6.30. The zero-order valence-corrected chi connectivity index (χ0v) is 12.4. The summed E-state index contributed by atoms with van der Waals surface area (Å²) in [7, 11) is 0. The third kappa shape index (κ3) is 4.78. The molecule has 0 saturated carbocycles. The lowest BCUT2D eigenvalue weighted by atomic mass is 10.2. The molecule has 2 aliphatic rings. The Morgan fingerprint density at radius 2 is 1.25 bits per heavy atom. The number of rotatable bonds is 5. The van der Waals surface area contributed by atoms with Gasteiger partial charge in [-0.1, -0.05) is 12.8 Å². The summed E-state index contributed by atoms with van der Waals surface area (Å²) < 4.78 is 0. The lowest BCUT2D eigenvalue weighted by molar-refractivity contribution is -0.131. The van der Waals surface area contributed by atoms with Gasteiger partial charge in [0.1, 0.15) is 0 Å². The summed E-state index contributed by atoms with van der Waals surface area (Å²) in [6, 6.07) is 0. The van der Waals surface area contributed by atoms with E-state index in [0.717, 1.165) is 51.9 Å². The summed E-state index contributed by atoms with van der Waals surface area (Å²) >= 11 is 0. The Morgan fingerprint density at radius 3 is 1.85 bits per heavy atom. The van der Waals surface area contributed by atoms with E-state index >= 15 is 0 Å². The van der Waals surface area contributed by atoms with E-state index in [1.54, 1.807) is 0 Å². The van der Waals surface area contributed by atoms with Crippen molar-refractivity contribution in [3.8, 4) is 0 Å². The van der Waals surface area contributed by atoms with Crippen LogP contribution in [0.2, 0.25) is 0 Å². The van der Waals surface area contributed by atoms with E-state index in [1.165, 1.54) is 12.8 Å². The second-order valence-corrected chi connectivity index (χ2v) is 5.81. The summed E-state index contributed by atoms with van der Waals surface area (Å²) in [6.45, 7) is 4.58. The number of amides is 2. The molecular formula is C15H27N3O2. The molecule has 0 spiro atoms. The molecule has 0 aliphatic carbocycles. The van der Waals surface area contributed by atoms with Crippen LogP contribution < -0.4 is 5.32 Å². The fourth-order valence-corrected chi connectivity index (χ4v) is 2.95. The maximum atomic E-state index is 12.0. The summed E-state index contributed by atoms with van der Waals surface area (Å²) in [4.78, 5) is 27.7. The fraction of sp³-hybridized carbons (Fsp3) is 0.867. The van der Waals surface area contributed by atoms with Crippen LogP contribution in [0.1, 0.15) is 44.9 Å². The molecule has 0 unspecified atom stereocenters. The molecule has 2 aliphatic heterocycles. The SMILES string of the molecule is O=C(CCNCC(=O)N1CCCCCC1)N1CCCC1. The van der Waals surface area contributed by atoms with E-state index in [1.807, 2.05) is 9.80 Å². The minimum absolute atomic E-state index is 0.181. The molecule has 5 nitrogen and oxygen atoms in total. The first-order valence-corrected chi connectivity index (χ1v) is 8.03. The van der Waals surface area contributed by atoms with Gasteiger partial charge in [0.2, 0.25) is 11.8 Å². The molecule has 2 rings (SSSR count). The predicted octanol–water partition coefficient (Wildman–Crippen LogP) is 0.991. The van der Waals surface area contributed by atoms with Crippen LogP contribution >= 0.6 is 0 Å². The number of nitrogens with zero attached hydrogens (tertiary/aromatic N) is 2. The lowest BCUT2D eigenvalue weighted by Crippen LogP contribution is -2.39. The van der Waals surface area contributed by atoms with Crippen LogP contribution in [0.4, 0.5) is 0 Å². The Labute approximate surface area is 121 Å². The first-order chi connectivity index (χ1) is 9.77.